The lowest BCUT2D eigenvalue weighted by Gasteiger charge is -2.30. The van der Waals surface area contributed by atoms with Gasteiger partial charge in [0.15, 0.2) is 0 Å². The highest BCUT2D eigenvalue weighted by Gasteiger charge is 2.30. The van der Waals surface area contributed by atoms with Gasteiger partial charge >= 0.3 is 0 Å². The van der Waals surface area contributed by atoms with Crippen LogP contribution in [0.2, 0.25) is 0 Å². The summed E-state index contributed by atoms with van der Waals surface area (Å²) in [6.45, 7) is 1.70. The Bertz CT molecular complexity index is 333. The van der Waals surface area contributed by atoms with Crippen LogP contribution in [-0.4, -0.2) is 34.0 Å². The quantitative estimate of drug-likeness (QED) is 0.625. The van der Waals surface area contributed by atoms with Crippen molar-refractivity contribution in [3.8, 4) is 0 Å². The van der Waals surface area contributed by atoms with Crippen molar-refractivity contribution in [2.24, 2.45) is 5.73 Å². The molecule has 1 atom stereocenters. The fraction of sp³-hybridized carbons (Fsp3) is 0.500. The second-order valence-electron chi connectivity index (χ2n) is 3.26. The fourth-order valence-corrected chi connectivity index (χ4v) is 1.69. The average molecular weight is 180 g/mol. The lowest BCUT2D eigenvalue weighted by molar-refractivity contribution is -0.123. The average Bonchev–Trinajstić information content (AvgIpc) is 2.50. The first-order chi connectivity index (χ1) is 6.20. The molecule has 13 heavy (non-hydrogen) atoms. The summed E-state index contributed by atoms with van der Waals surface area (Å²) < 4.78 is 1.97. The second kappa shape index (κ2) is 2.85. The maximum Gasteiger partial charge on any atom is 0.242 e. The monoisotopic (exact) mass is 180 g/mol. The summed E-state index contributed by atoms with van der Waals surface area (Å²) in [4.78, 5) is 17.2. The van der Waals surface area contributed by atoms with Crippen LogP contribution in [0.4, 0.5) is 0 Å². The molecule has 0 saturated carbocycles. The van der Waals surface area contributed by atoms with Crippen molar-refractivity contribution in [3.63, 3.8) is 0 Å². The van der Waals surface area contributed by atoms with Crippen LogP contribution in [0.5, 0.6) is 0 Å². The zero-order valence-corrected chi connectivity index (χ0v) is 7.47. The Labute approximate surface area is 76.2 Å². The molecule has 1 aromatic rings. The van der Waals surface area contributed by atoms with Crippen LogP contribution >= 0.6 is 0 Å². The van der Waals surface area contributed by atoms with Crippen molar-refractivity contribution in [2.45, 2.75) is 12.6 Å². The summed E-state index contributed by atoms with van der Waals surface area (Å²) in [6.07, 6.45) is 3.57. The molecular weight excluding hydrogens is 168 g/mol. The molecule has 1 aromatic heterocycles. The van der Waals surface area contributed by atoms with Crippen LogP contribution in [0, 0.1) is 0 Å². The van der Waals surface area contributed by atoms with Gasteiger partial charge in [-0.15, -0.1) is 0 Å². The molecule has 1 aliphatic heterocycles. The number of carbonyl (C=O) groups excluding carboxylic acids is 1. The highest BCUT2D eigenvalue weighted by Crippen LogP contribution is 2.21. The molecule has 2 N–H and O–H groups in total. The predicted molar refractivity (Wildman–Crippen MR) is 46.8 cm³/mol. The van der Waals surface area contributed by atoms with Gasteiger partial charge in [0.25, 0.3) is 0 Å². The first-order valence-electron chi connectivity index (χ1n) is 4.20. The van der Waals surface area contributed by atoms with Crippen molar-refractivity contribution in [2.75, 3.05) is 13.6 Å². The summed E-state index contributed by atoms with van der Waals surface area (Å²) in [5, 5.41) is 0. The van der Waals surface area contributed by atoms with E-state index in [1.165, 1.54) is 0 Å². The molecule has 1 amide bonds. The molecule has 0 aliphatic carbocycles. The Morgan fingerprint density at radius 3 is 3.15 bits per heavy atom. The van der Waals surface area contributed by atoms with Gasteiger partial charge in [0.1, 0.15) is 11.9 Å². The Balaban J connectivity index is 2.41. The standard InChI is InChI=1S/C8H12N4O/c1-11-4-5-12-3-2-10-8(12)6(11)7(9)13/h2-3,6H,4-5H2,1H3,(H2,9,13). The summed E-state index contributed by atoms with van der Waals surface area (Å²) in [5.41, 5.74) is 5.30. The Morgan fingerprint density at radius 1 is 1.69 bits per heavy atom. The van der Waals surface area contributed by atoms with E-state index in [1.807, 2.05) is 22.7 Å². The maximum atomic E-state index is 11.2. The minimum absolute atomic E-state index is 0.338. The third kappa shape index (κ3) is 1.21. The summed E-state index contributed by atoms with van der Waals surface area (Å²) in [7, 11) is 1.88. The van der Waals surface area contributed by atoms with E-state index in [0.717, 1.165) is 18.9 Å². The van der Waals surface area contributed by atoms with Gasteiger partial charge in [-0.3, -0.25) is 9.69 Å². The van der Waals surface area contributed by atoms with Crippen molar-refractivity contribution in [1.29, 1.82) is 0 Å². The van der Waals surface area contributed by atoms with Crippen molar-refractivity contribution in [1.82, 2.24) is 14.5 Å². The number of amides is 1. The first-order valence-corrected chi connectivity index (χ1v) is 4.20. The first kappa shape index (κ1) is 8.25. The molecule has 5 heteroatoms. The molecule has 2 rings (SSSR count). The number of nitrogens with zero attached hydrogens (tertiary/aromatic N) is 3. The molecule has 5 nitrogen and oxygen atoms in total. The second-order valence-corrected chi connectivity index (χ2v) is 3.26. The van der Waals surface area contributed by atoms with Gasteiger partial charge in [-0.1, -0.05) is 0 Å². The molecule has 1 aliphatic rings. The SMILES string of the molecule is CN1CCn2ccnc2C1C(N)=O. The Kier molecular flexibility index (Phi) is 1.81. The largest absolute Gasteiger partial charge is 0.368 e. The number of likely N-dealkylation sites (N-methyl/N-ethyl adjacent to an activating group) is 1. The smallest absolute Gasteiger partial charge is 0.242 e. The lowest BCUT2D eigenvalue weighted by Crippen LogP contribution is -2.42. The number of fused-ring (bicyclic) bond motifs is 1. The molecular formula is C8H12N4O. The van der Waals surface area contributed by atoms with Gasteiger partial charge < -0.3 is 10.3 Å². The van der Waals surface area contributed by atoms with Crippen LogP contribution in [0.15, 0.2) is 12.4 Å². The molecule has 0 aromatic carbocycles. The number of hydrogen-bond donors (Lipinski definition) is 1. The molecule has 1 unspecified atom stereocenters. The molecule has 70 valence electrons. The zero-order valence-electron chi connectivity index (χ0n) is 7.47. The normalized spacial score (nSPS) is 22.7. The van der Waals surface area contributed by atoms with Gasteiger partial charge in [-0.2, -0.15) is 0 Å². The highest BCUT2D eigenvalue weighted by atomic mass is 16.1. The van der Waals surface area contributed by atoms with Crippen molar-refractivity contribution >= 4 is 5.91 Å². The molecule has 0 saturated heterocycles. The van der Waals surface area contributed by atoms with Gasteiger partial charge in [0, 0.05) is 25.5 Å². The Hall–Kier alpha value is -1.36. The van der Waals surface area contributed by atoms with Crippen LogP contribution in [-0.2, 0) is 11.3 Å². The summed E-state index contributed by atoms with van der Waals surface area (Å²) >= 11 is 0. The van der Waals surface area contributed by atoms with E-state index < -0.39 is 0 Å². The number of primary amides is 1. The fourth-order valence-electron chi connectivity index (χ4n) is 1.69. The number of nitrogens with two attached hydrogens (primary N) is 1. The highest BCUT2D eigenvalue weighted by molar-refractivity contribution is 5.80. The molecule has 0 radical (unpaired) electrons. The Morgan fingerprint density at radius 2 is 2.46 bits per heavy atom. The number of rotatable bonds is 1. The summed E-state index contributed by atoms with van der Waals surface area (Å²) in [5.74, 6) is 0.413. The zero-order chi connectivity index (χ0) is 9.42. The van der Waals surface area contributed by atoms with E-state index in [-0.39, 0.29) is 11.9 Å². The van der Waals surface area contributed by atoms with Crippen molar-refractivity contribution in [3.05, 3.63) is 18.2 Å². The van der Waals surface area contributed by atoms with Crippen LogP contribution < -0.4 is 5.73 Å². The maximum absolute atomic E-state index is 11.2. The minimum Gasteiger partial charge on any atom is -0.368 e. The third-order valence-electron chi connectivity index (χ3n) is 2.40. The number of aromatic nitrogens is 2. The number of carbonyl (C=O) groups is 1. The third-order valence-corrected chi connectivity index (χ3v) is 2.40. The molecule has 2 heterocycles. The van der Waals surface area contributed by atoms with E-state index in [1.54, 1.807) is 6.20 Å². The van der Waals surface area contributed by atoms with E-state index >= 15 is 0 Å². The van der Waals surface area contributed by atoms with E-state index in [4.69, 9.17) is 5.73 Å². The van der Waals surface area contributed by atoms with Crippen molar-refractivity contribution < 1.29 is 4.79 Å². The van der Waals surface area contributed by atoms with Gasteiger partial charge in [-0.25, -0.2) is 4.98 Å². The van der Waals surface area contributed by atoms with Gasteiger partial charge in [0.05, 0.1) is 0 Å². The molecule has 0 fully saturated rings. The number of hydrogen-bond acceptors (Lipinski definition) is 3. The van der Waals surface area contributed by atoms with Crippen LogP contribution in [0.3, 0.4) is 0 Å². The summed E-state index contributed by atoms with van der Waals surface area (Å²) in [6, 6.07) is -0.372. The van der Waals surface area contributed by atoms with Crippen LogP contribution in [0.1, 0.15) is 11.9 Å². The van der Waals surface area contributed by atoms with Crippen LogP contribution in [0.25, 0.3) is 0 Å². The van der Waals surface area contributed by atoms with E-state index in [0.29, 0.717) is 0 Å². The van der Waals surface area contributed by atoms with Gasteiger partial charge in [-0.05, 0) is 7.05 Å². The van der Waals surface area contributed by atoms with E-state index in [9.17, 15) is 4.79 Å². The van der Waals surface area contributed by atoms with E-state index in [2.05, 4.69) is 4.98 Å². The topological polar surface area (TPSA) is 64.2 Å². The molecule has 0 spiro atoms. The lowest BCUT2D eigenvalue weighted by atomic mass is 10.2. The number of imidazole rings is 1. The minimum atomic E-state index is -0.372. The predicted octanol–water partition coefficient (Wildman–Crippen LogP) is -0.645. The molecule has 0 bridgehead atoms. The van der Waals surface area contributed by atoms with Gasteiger partial charge in [0.2, 0.25) is 5.91 Å².